The molecule has 22 heavy (non-hydrogen) atoms. The first kappa shape index (κ1) is 15.5. The Labute approximate surface area is 135 Å². The highest BCUT2D eigenvalue weighted by atomic mass is 32.1. The van der Waals surface area contributed by atoms with Crippen molar-refractivity contribution >= 4 is 23.2 Å². The monoisotopic (exact) mass is 320 g/mol. The second-order valence-corrected chi connectivity index (χ2v) is 7.38. The van der Waals surface area contributed by atoms with E-state index in [9.17, 15) is 9.59 Å². The molecule has 1 aliphatic carbocycles. The minimum absolute atomic E-state index is 0.0360. The second-order valence-electron chi connectivity index (χ2n) is 6.60. The molecule has 2 amide bonds. The number of likely N-dealkylation sites (tertiary alicyclic amines) is 1. The molecule has 4 nitrogen and oxygen atoms in total. The largest absolute Gasteiger partial charge is 0.355 e. The third-order valence-electron chi connectivity index (χ3n) is 4.73. The Morgan fingerprint density at radius 3 is 2.86 bits per heavy atom. The van der Waals surface area contributed by atoms with Crippen molar-refractivity contribution in [3.63, 3.8) is 0 Å². The third kappa shape index (κ3) is 3.69. The van der Waals surface area contributed by atoms with Gasteiger partial charge in [0.2, 0.25) is 11.8 Å². The van der Waals surface area contributed by atoms with Gasteiger partial charge in [-0.25, -0.2) is 0 Å². The number of amides is 2. The van der Waals surface area contributed by atoms with Gasteiger partial charge < -0.3 is 10.2 Å². The predicted octanol–water partition coefficient (Wildman–Crippen LogP) is 2.62. The first-order chi connectivity index (χ1) is 10.6. The minimum Gasteiger partial charge on any atom is -0.355 e. The molecular formula is C17H24N2O2S. The van der Waals surface area contributed by atoms with E-state index in [1.807, 2.05) is 4.90 Å². The van der Waals surface area contributed by atoms with Crippen LogP contribution in [0.25, 0.3) is 0 Å². The van der Waals surface area contributed by atoms with E-state index in [4.69, 9.17) is 0 Å². The molecule has 2 aliphatic rings. The Morgan fingerprint density at radius 1 is 1.36 bits per heavy atom. The average Bonchev–Trinajstić information content (AvgIpc) is 3.25. The fraction of sp³-hybridized carbons (Fsp3) is 0.647. The Bertz CT molecular complexity index is 525. The van der Waals surface area contributed by atoms with Crippen molar-refractivity contribution in [2.24, 2.45) is 11.8 Å². The lowest BCUT2D eigenvalue weighted by Gasteiger charge is -2.32. The summed E-state index contributed by atoms with van der Waals surface area (Å²) in [5.41, 5.74) is 1.28. The van der Waals surface area contributed by atoms with Gasteiger partial charge in [0.1, 0.15) is 0 Å². The van der Waals surface area contributed by atoms with Crippen molar-refractivity contribution in [2.75, 3.05) is 19.6 Å². The van der Waals surface area contributed by atoms with E-state index < -0.39 is 0 Å². The van der Waals surface area contributed by atoms with E-state index in [1.165, 1.54) is 5.56 Å². The highest BCUT2D eigenvalue weighted by Crippen LogP contribution is 2.32. The summed E-state index contributed by atoms with van der Waals surface area (Å²) in [6.07, 6.45) is 3.90. The number of hydrogen-bond donors (Lipinski definition) is 1. The molecule has 2 heterocycles. The lowest BCUT2D eigenvalue weighted by atomic mass is 9.96. The van der Waals surface area contributed by atoms with Gasteiger partial charge in [-0.2, -0.15) is 11.3 Å². The van der Waals surface area contributed by atoms with E-state index in [2.05, 4.69) is 29.1 Å². The fourth-order valence-corrected chi connectivity index (χ4v) is 3.83. The molecule has 5 heteroatoms. The topological polar surface area (TPSA) is 49.4 Å². The molecular weight excluding hydrogens is 296 g/mol. The van der Waals surface area contributed by atoms with Crippen LogP contribution >= 0.6 is 11.3 Å². The van der Waals surface area contributed by atoms with Crippen LogP contribution in [0.4, 0.5) is 0 Å². The van der Waals surface area contributed by atoms with Crippen molar-refractivity contribution < 1.29 is 9.59 Å². The van der Waals surface area contributed by atoms with Crippen molar-refractivity contribution in [3.8, 4) is 0 Å². The lowest BCUT2D eigenvalue weighted by Crippen LogP contribution is -2.46. The molecule has 0 bridgehead atoms. The van der Waals surface area contributed by atoms with Crippen LogP contribution in [-0.4, -0.2) is 36.3 Å². The summed E-state index contributed by atoms with van der Waals surface area (Å²) in [6.45, 7) is 4.23. The molecule has 0 spiro atoms. The van der Waals surface area contributed by atoms with E-state index in [-0.39, 0.29) is 23.7 Å². The van der Waals surface area contributed by atoms with Crippen LogP contribution in [0, 0.1) is 11.8 Å². The van der Waals surface area contributed by atoms with E-state index in [0.717, 1.165) is 32.2 Å². The van der Waals surface area contributed by atoms with Crippen LogP contribution in [0.3, 0.4) is 0 Å². The number of rotatable bonds is 5. The molecule has 1 N–H and O–H groups in total. The summed E-state index contributed by atoms with van der Waals surface area (Å²) < 4.78 is 0. The predicted molar refractivity (Wildman–Crippen MR) is 87.8 cm³/mol. The van der Waals surface area contributed by atoms with Crippen molar-refractivity contribution in [1.82, 2.24) is 10.2 Å². The van der Waals surface area contributed by atoms with E-state index in [1.54, 1.807) is 11.3 Å². The maximum Gasteiger partial charge on any atom is 0.225 e. The molecule has 0 radical (unpaired) electrons. The van der Waals surface area contributed by atoms with Crippen LogP contribution in [0.1, 0.15) is 44.1 Å². The van der Waals surface area contributed by atoms with Crippen LogP contribution in [0.2, 0.25) is 0 Å². The highest BCUT2D eigenvalue weighted by Gasteiger charge is 2.36. The van der Waals surface area contributed by atoms with Crippen LogP contribution in [0.5, 0.6) is 0 Å². The molecule has 2 fully saturated rings. The van der Waals surface area contributed by atoms with Crippen molar-refractivity contribution in [3.05, 3.63) is 22.4 Å². The van der Waals surface area contributed by atoms with Gasteiger partial charge in [0.05, 0.1) is 5.92 Å². The summed E-state index contributed by atoms with van der Waals surface area (Å²) in [7, 11) is 0. The maximum absolute atomic E-state index is 12.4. The number of thiophene rings is 1. The zero-order valence-electron chi connectivity index (χ0n) is 13.1. The number of carbonyl (C=O) groups excluding carboxylic acids is 2. The number of piperidine rings is 1. The first-order valence-electron chi connectivity index (χ1n) is 8.23. The smallest absolute Gasteiger partial charge is 0.225 e. The summed E-state index contributed by atoms with van der Waals surface area (Å²) in [5.74, 6) is 0.925. The Kier molecular flexibility index (Phi) is 4.81. The minimum atomic E-state index is -0.0360. The normalized spacial score (nSPS) is 23.1. The van der Waals surface area contributed by atoms with Gasteiger partial charge >= 0.3 is 0 Å². The molecule has 0 unspecified atom stereocenters. The zero-order valence-corrected chi connectivity index (χ0v) is 13.9. The molecule has 2 atom stereocenters. The van der Waals surface area contributed by atoms with Gasteiger partial charge in [0, 0.05) is 25.6 Å². The summed E-state index contributed by atoms with van der Waals surface area (Å²) >= 11 is 1.69. The zero-order chi connectivity index (χ0) is 15.5. The molecule has 1 aliphatic heterocycles. The first-order valence-corrected chi connectivity index (χ1v) is 9.18. The molecule has 3 rings (SSSR count). The van der Waals surface area contributed by atoms with Crippen LogP contribution in [-0.2, 0) is 9.59 Å². The molecule has 1 aromatic heterocycles. The summed E-state index contributed by atoms with van der Waals surface area (Å²) in [5, 5.41) is 7.27. The molecule has 1 saturated carbocycles. The number of nitrogens with zero attached hydrogens (tertiary/aromatic N) is 1. The highest BCUT2D eigenvalue weighted by molar-refractivity contribution is 7.07. The van der Waals surface area contributed by atoms with Gasteiger partial charge in [-0.1, -0.05) is 6.92 Å². The van der Waals surface area contributed by atoms with Crippen molar-refractivity contribution in [1.29, 1.82) is 0 Å². The Hall–Kier alpha value is -1.36. The third-order valence-corrected chi connectivity index (χ3v) is 5.43. The summed E-state index contributed by atoms with van der Waals surface area (Å²) in [4.78, 5) is 26.4. The van der Waals surface area contributed by atoms with Gasteiger partial charge in [-0.15, -0.1) is 0 Å². The molecule has 1 saturated heterocycles. The Balaban J connectivity index is 1.48. The maximum atomic E-state index is 12.4. The van der Waals surface area contributed by atoms with Crippen LogP contribution in [0.15, 0.2) is 16.8 Å². The number of carbonyl (C=O) groups is 2. The molecule has 0 aromatic carbocycles. The van der Waals surface area contributed by atoms with Crippen LogP contribution < -0.4 is 5.32 Å². The van der Waals surface area contributed by atoms with Crippen molar-refractivity contribution in [2.45, 2.75) is 38.5 Å². The number of hydrogen-bond acceptors (Lipinski definition) is 3. The average molecular weight is 320 g/mol. The molecule has 120 valence electrons. The van der Waals surface area contributed by atoms with Gasteiger partial charge in [-0.05, 0) is 54.0 Å². The molecule has 1 aromatic rings. The van der Waals surface area contributed by atoms with Gasteiger partial charge in [0.15, 0.2) is 0 Å². The van der Waals surface area contributed by atoms with Gasteiger partial charge in [0.25, 0.3) is 0 Å². The SMILES string of the molecule is C[C@H](CNC(=O)[C@@H]1CCCN(C(=O)C2CC2)C1)c1ccsc1. The standard InChI is InChI=1S/C17H24N2O2S/c1-12(15-6-8-22-11-15)9-18-16(20)14-3-2-7-19(10-14)17(21)13-4-5-13/h6,8,11-14H,2-5,7,9-10H2,1H3,(H,18,20)/t12-,14-/m1/s1. The number of nitrogens with one attached hydrogen (secondary N) is 1. The van der Waals surface area contributed by atoms with E-state index in [0.29, 0.717) is 19.0 Å². The summed E-state index contributed by atoms with van der Waals surface area (Å²) in [6, 6.07) is 2.11. The second kappa shape index (κ2) is 6.82. The quantitative estimate of drug-likeness (QED) is 0.906. The Morgan fingerprint density at radius 2 is 2.18 bits per heavy atom. The van der Waals surface area contributed by atoms with E-state index >= 15 is 0 Å². The lowest BCUT2D eigenvalue weighted by molar-refractivity contribution is -0.136. The van der Waals surface area contributed by atoms with Gasteiger partial charge in [-0.3, -0.25) is 9.59 Å². The fourth-order valence-electron chi connectivity index (χ4n) is 3.05.